The van der Waals surface area contributed by atoms with Crippen molar-refractivity contribution >= 4 is 23.6 Å². The maximum Gasteiger partial charge on any atom is 0.244 e. The number of carbonyl (C=O) groups excluding carboxylic acids is 1. The molecule has 1 unspecified atom stereocenters. The van der Waals surface area contributed by atoms with Gasteiger partial charge in [-0.2, -0.15) is 0 Å². The van der Waals surface area contributed by atoms with Crippen LogP contribution in [0.25, 0.3) is 6.08 Å². The lowest BCUT2D eigenvalue weighted by Crippen LogP contribution is -2.31. The van der Waals surface area contributed by atoms with Gasteiger partial charge in [-0.05, 0) is 43.5 Å². The van der Waals surface area contributed by atoms with E-state index in [1.807, 2.05) is 25.1 Å². The summed E-state index contributed by atoms with van der Waals surface area (Å²) in [5.41, 5.74) is 1.46. The van der Waals surface area contributed by atoms with E-state index in [1.165, 1.54) is 29.8 Å². The molecule has 0 saturated heterocycles. The van der Waals surface area contributed by atoms with Crippen LogP contribution in [0, 0.1) is 5.82 Å². The van der Waals surface area contributed by atoms with Crippen LogP contribution in [-0.4, -0.2) is 11.9 Å². The van der Waals surface area contributed by atoms with E-state index in [2.05, 4.69) is 17.4 Å². The normalized spacial score (nSPS) is 12.3. The molecular weight excluding hydrogens is 313 g/mol. The number of aryl methyl sites for hydroxylation is 1. The number of halogens is 2. The van der Waals surface area contributed by atoms with Crippen LogP contribution in [0.3, 0.4) is 0 Å². The van der Waals surface area contributed by atoms with Gasteiger partial charge in [0.15, 0.2) is 0 Å². The predicted molar refractivity (Wildman–Crippen MR) is 92.8 cm³/mol. The molecule has 1 amide bonds. The summed E-state index contributed by atoms with van der Waals surface area (Å²) < 4.78 is 13.6. The molecule has 0 aromatic heterocycles. The second-order valence-corrected chi connectivity index (χ2v) is 5.81. The number of carbonyl (C=O) groups is 1. The Labute approximate surface area is 141 Å². The van der Waals surface area contributed by atoms with Crippen LogP contribution in [0.4, 0.5) is 4.39 Å². The van der Waals surface area contributed by atoms with Crippen LogP contribution in [0.1, 0.15) is 24.5 Å². The Morgan fingerprint density at radius 1 is 1.22 bits per heavy atom. The van der Waals surface area contributed by atoms with Gasteiger partial charge in [0.05, 0.1) is 5.02 Å². The van der Waals surface area contributed by atoms with E-state index in [-0.39, 0.29) is 22.5 Å². The van der Waals surface area contributed by atoms with Crippen molar-refractivity contribution in [3.05, 3.63) is 76.6 Å². The van der Waals surface area contributed by atoms with Crippen molar-refractivity contribution in [3.8, 4) is 0 Å². The van der Waals surface area contributed by atoms with E-state index >= 15 is 0 Å². The molecular formula is C19H19ClFNO. The van der Waals surface area contributed by atoms with Crippen LogP contribution in [0.5, 0.6) is 0 Å². The number of rotatable bonds is 6. The van der Waals surface area contributed by atoms with E-state index in [9.17, 15) is 9.18 Å². The fourth-order valence-electron chi connectivity index (χ4n) is 2.22. The van der Waals surface area contributed by atoms with Crippen molar-refractivity contribution in [3.63, 3.8) is 0 Å². The first-order valence-electron chi connectivity index (χ1n) is 7.53. The zero-order valence-electron chi connectivity index (χ0n) is 12.9. The van der Waals surface area contributed by atoms with E-state index in [4.69, 9.17) is 11.6 Å². The first-order chi connectivity index (χ1) is 11.1. The van der Waals surface area contributed by atoms with Gasteiger partial charge in [-0.3, -0.25) is 4.79 Å². The van der Waals surface area contributed by atoms with Crippen molar-refractivity contribution in [2.75, 3.05) is 0 Å². The highest BCUT2D eigenvalue weighted by atomic mass is 35.5. The van der Waals surface area contributed by atoms with Gasteiger partial charge in [0.2, 0.25) is 5.91 Å². The Bertz CT molecular complexity index is 665. The van der Waals surface area contributed by atoms with E-state index in [0.717, 1.165) is 12.8 Å². The summed E-state index contributed by atoms with van der Waals surface area (Å²) >= 11 is 5.91. The smallest absolute Gasteiger partial charge is 0.244 e. The van der Waals surface area contributed by atoms with Crippen molar-refractivity contribution in [2.24, 2.45) is 0 Å². The van der Waals surface area contributed by atoms with Gasteiger partial charge in [-0.25, -0.2) is 4.39 Å². The van der Waals surface area contributed by atoms with Gasteiger partial charge in [0, 0.05) is 17.7 Å². The molecule has 120 valence electrons. The highest BCUT2D eigenvalue weighted by Gasteiger charge is 2.07. The SMILES string of the molecule is CC(CCc1ccccc1)NC(=O)/C=C/c1c(F)cccc1Cl. The lowest BCUT2D eigenvalue weighted by Gasteiger charge is -2.12. The summed E-state index contributed by atoms with van der Waals surface area (Å²) in [6.45, 7) is 1.95. The van der Waals surface area contributed by atoms with Crippen LogP contribution >= 0.6 is 11.6 Å². The fourth-order valence-corrected chi connectivity index (χ4v) is 2.45. The largest absolute Gasteiger partial charge is 0.350 e. The highest BCUT2D eigenvalue weighted by Crippen LogP contribution is 2.20. The second kappa shape index (κ2) is 8.49. The molecule has 0 spiro atoms. The third kappa shape index (κ3) is 5.53. The third-order valence-corrected chi connectivity index (χ3v) is 3.83. The maximum atomic E-state index is 13.6. The second-order valence-electron chi connectivity index (χ2n) is 5.40. The Morgan fingerprint density at radius 2 is 1.96 bits per heavy atom. The monoisotopic (exact) mass is 331 g/mol. The van der Waals surface area contributed by atoms with Crippen molar-refractivity contribution < 1.29 is 9.18 Å². The summed E-state index contributed by atoms with van der Waals surface area (Å²) in [5, 5.41) is 3.15. The molecule has 1 atom stereocenters. The minimum Gasteiger partial charge on any atom is -0.350 e. The summed E-state index contributed by atoms with van der Waals surface area (Å²) in [4.78, 5) is 11.9. The van der Waals surface area contributed by atoms with E-state index in [0.29, 0.717) is 0 Å². The summed E-state index contributed by atoms with van der Waals surface area (Å²) in [6, 6.07) is 14.6. The quantitative estimate of drug-likeness (QED) is 0.768. The molecule has 0 aliphatic rings. The van der Waals surface area contributed by atoms with Gasteiger partial charge < -0.3 is 5.32 Å². The minimum absolute atomic E-state index is 0.0310. The molecule has 2 aromatic carbocycles. The minimum atomic E-state index is -0.446. The summed E-state index contributed by atoms with van der Waals surface area (Å²) in [6.07, 6.45) is 4.44. The molecule has 0 aliphatic carbocycles. The molecule has 0 aliphatic heterocycles. The molecule has 4 heteroatoms. The lowest BCUT2D eigenvalue weighted by molar-refractivity contribution is -0.117. The molecule has 0 saturated carbocycles. The lowest BCUT2D eigenvalue weighted by atomic mass is 10.1. The molecule has 0 bridgehead atoms. The average Bonchev–Trinajstić information content (AvgIpc) is 2.53. The number of amides is 1. The van der Waals surface area contributed by atoms with Crippen LogP contribution in [0.15, 0.2) is 54.6 Å². The Hall–Kier alpha value is -2.13. The first kappa shape index (κ1) is 17.2. The molecule has 2 aromatic rings. The molecule has 0 fully saturated rings. The van der Waals surface area contributed by atoms with Crippen molar-refractivity contribution in [1.82, 2.24) is 5.32 Å². The maximum absolute atomic E-state index is 13.6. The first-order valence-corrected chi connectivity index (χ1v) is 7.90. The molecule has 0 radical (unpaired) electrons. The number of nitrogens with one attached hydrogen (secondary N) is 1. The van der Waals surface area contributed by atoms with Crippen molar-refractivity contribution in [2.45, 2.75) is 25.8 Å². The fraction of sp³-hybridized carbons (Fsp3) is 0.211. The third-order valence-electron chi connectivity index (χ3n) is 3.50. The molecule has 1 N–H and O–H groups in total. The van der Waals surface area contributed by atoms with Gasteiger partial charge in [0.1, 0.15) is 5.82 Å². The van der Waals surface area contributed by atoms with Gasteiger partial charge in [-0.1, -0.05) is 48.0 Å². The number of benzene rings is 2. The number of hydrogen-bond donors (Lipinski definition) is 1. The Kier molecular flexibility index (Phi) is 6.36. The molecule has 23 heavy (non-hydrogen) atoms. The molecule has 2 nitrogen and oxygen atoms in total. The predicted octanol–water partition coefficient (Wildman–Crippen LogP) is 4.63. The zero-order chi connectivity index (χ0) is 16.7. The Morgan fingerprint density at radius 3 is 2.65 bits per heavy atom. The topological polar surface area (TPSA) is 29.1 Å². The van der Waals surface area contributed by atoms with E-state index < -0.39 is 5.82 Å². The average molecular weight is 332 g/mol. The standard InChI is InChI=1S/C19H19ClFNO/c1-14(10-11-15-6-3-2-4-7-15)22-19(23)13-12-16-17(20)8-5-9-18(16)21/h2-9,12-14H,10-11H2,1H3,(H,22,23)/b13-12+. The van der Waals surface area contributed by atoms with Gasteiger partial charge in [-0.15, -0.1) is 0 Å². The Balaban J connectivity index is 1.85. The highest BCUT2D eigenvalue weighted by molar-refractivity contribution is 6.32. The zero-order valence-corrected chi connectivity index (χ0v) is 13.7. The van der Waals surface area contributed by atoms with E-state index in [1.54, 1.807) is 6.07 Å². The summed E-state index contributed by atoms with van der Waals surface area (Å²) in [7, 11) is 0. The van der Waals surface area contributed by atoms with Gasteiger partial charge >= 0.3 is 0 Å². The number of hydrogen-bond acceptors (Lipinski definition) is 1. The van der Waals surface area contributed by atoms with Crippen molar-refractivity contribution in [1.29, 1.82) is 0 Å². The van der Waals surface area contributed by atoms with Gasteiger partial charge in [0.25, 0.3) is 0 Å². The summed E-state index contributed by atoms with van der Waals surface area (Å²) in [5.74, 6) is -0.705. The molecule has 0 heterocycles. The van der Waals surface area contributed by atoms with Crippen LogP contribution < -0.4 is 5.32 Å². The van der Waals surface area contributed by atoms with Crippen LogP contribution in [0.2, 0.25) is 5.02 Å². The molecule has 2 rings (SSSR count). The van der Waals surface area contributed by atoms with Crippen LogP contribution in [-0.2, 0) is 11.2 Å².